The van der Waals surface area contributed by atoms with Crippen molar-refractivity contribution in [1.82, 2.24) is 0 Å². The largest absolute Gasteiger partial charge is 0.492 e. The van der Waals surface area contributed by atoms with Crippen molar-refractivity contribution < 1.29 is 9.13 Å². The summed E-state index contributed by atoms with van der Waals surface area (Å²) < 4.78 is 20.3. The molecule has 0 aromatic heterocycles. The first-order valence-electron chi connectivity index (χ1n) is 6.84. The van der Waals surface area contributed by atoms with E-state index < -0.39 is 5.67 Å². The summed E-state index contributed by atoms with van der Waals surface area (Å²) in [6, 6.07) is 0.346. The van der Waals surface area contributed by atoms with Crippen LogP contribution >= 0.6 is 0 Å². The molecule has 0 spiro atoms. The lowest BCUT2D eigenvalue weighted by atomic mass is 9.97. The van der Waals surface area contributed by atoms with Crippen molar-refractivity contribution in [3.63, 3.8) is 0 Å². The molecule has 3 aliphatic rings. The molecule has 0 N–H and O–H groups in total. The van der Waals surface area contributed by atoms with Crippen molar-refractivity contribution in [3.8, 4) is 0 Å². The predicted octanol–water partition coefficient (Wildman–Crippen LogP) is 3.59. The van der Waals surface area contributed by atoms with Crippen LogP contribution in [0.15, 0.2) is 29.0 Å². The second-order valence-corrected chi connectivity index (χ2v) is 5.89. The predicted molar refractivity (Wildman–Crippen MR) is 70.5 cm³/mol. The summed E-state index contributed by atoms with van der Waals surface area (Å²) >= 11 is 0. The molecule has 3 atom stereocenters. The molecule has 98 valence electrons. The van der Waals surface area contributed by atoms with Crippen LogP contribution in [0.4, 0.5) is 4.39 Å². The number of ether oxygens (including phenoxy) is 1. The fraction of sp³-hybridized carbons (Fsp3) is 0.667. The van der Waals surface area contributed by atoms with Gasteiger partial charge in [-0.2, -0.15) is 0 Å². The number of allylic oxidation sites excluding steroid dienone is 3. The van der Waals surface area contributed by atoms with E-state index in [9.17, 15) is 4.39 Å². The summed E-state index contributed by atoms with van der Waals surface area (Å²) in [5.74, 6) is 0.814. The van der Waals surface area contributed by atoms with E-state index in [2.05, 4.69) is 24.1 Å². The molecule has 3 rings (SSSR count). The van der Waals surface area contributed by atoms with Gasteiger partial charge in [0.05, 0.1) is 18.9 Å². The van der Waals surface area contributed by atoms with Crippen LogP contribution < -0.4 is 0 Å². The quantitative estimate of drug-likeness (QED) is 0.700. The van der Waals surface area contributed by atoms with Gasteiger partial charge in [-0.15, -0.1) is 0 Å². The van der Waals surface area contributed by atoms with Gasteiger partial charge in [0.2, 0.25) is 0 Å². The van der Waals surface area contributed by atoms with E-state index in [1.807, 2.05) is 6.08 Å². The van der Waals surface area contributed by atoms with E-state index in [0.717, 1.165) is 25.0 Å². The molecule has 0 bridgehead atoms. The summed E-state index contributed by atoms with van der Waals surface area (Å²) in [5, 5.41) is 0. The molecule has 1 fully saturated rings. The second-order valence-electron chi connectivity index (χ2n) is 5.89. The molecular weight excluding hydrogens is 229 g/mol. The summed E-state index contributed by atoms with van der Waals surface area (Å²) in [7, 11) is 0. The molecule has 3 unspecified atom stereocenters. The number of aliphatic imine (C=N–C) groups is 1. The maximum atomic E-state index is 14.5. The molecule has 3 heteroatoms. The first kappa shape index (κ1) is 11.9. The molecule has 18 heavy (non-hydrogen) atoms. The lowest BCUT2D eigenvalue weighted by Gasteiger charge is -2.20. The second kappa shape index (κ2) is 4.22. The van der Waals surface area contributed by atoms with Gasteiger partial charge in [0.1, 0.15) is 11.4 Å². The Morgan fingerprint density at radius 1 is 1.50 bits per heavy atom. The molecule has 2 aliphatic carbocycles. The minimum atomic E-state index is -1.01. The van der Waals surface area contributed by atoms with Crippen LogP contribution in [0.2, 0.25) is 0 Å². The van der Waals surface area contributed by atoms with Crippen molar-refractivity contribution >= 4 is 6.21 Å². The third-order valence-corrected chi connectivity index (χ3v) is 4.47. The maximum Gasteiger partial charge on any atom is 0.133 e. The van der Waals surface area contributed by atoms with Crippen molar-refractivity contribution in [2.45, 2.75) is 50.7 Å². The number of hydrogen-bond acceptors (Lipinski definition) is 2. The number of dihydropyridines is 1. The molecule has 0 aromatic rings. The molecule has 0 aromatic carbocycles. The fourth-order valence-electron chi connectivity index (χ4n) is 3.01. The summed E-state index contributed by atoms with van der Waals surface area (Å²) in [6.07, 6.45) is 11.9. The van der Waals surface area contributed by atoms with Crippen LogP contribution in [0.25, 0.3) is 0 Å². The zero-order valence-corrected chi connectivity index (χ0v) is 10.9. The summed E-state index contributed by atoms with van der Waals surface area (Å²) in [4.78, 5) is 4.32. The van der Waals surface area contributed by atoms with Gasteiger partial charge in [-0.3, -0.25) is 4.99 Å². The monoisotopic (exact) mass is 249 g/mol. The lowest BCUT2D eigenvalue weighted by molar-refractivity contribution is 0.112. The first-order valence-corrected chi connectivity index (χ1v) is 6.84. The van der Waals surface area contributed by atoms with E-state index in [-0.39, 0.29) is 5.41 Å². The van der Waals surface area contributed by atoms with Gasteiger partial charge < -0.3 is 4.74 Å². The minimum absolute atomic E-state index is 0.242. The molecule has 0 saturated heterocycles. The Kier molecular flexibility index (Phi) is 2.80. The van der Waals surface area contributed by atoms with Crippen LogP contribution in [-0.4, -0.2) is 24.5 Å². The fourth-order valence-corrected chi connectivity index (χ4v) is 3.01. The van der Waals surface area contributed by atoms with Gasteiger partial charge >= 0.3 is 0 Å². The topological polar surface area (TPSA) is 21.6 Å². The maximum absolute atomic E-state index is 14.5. The summed E-state index contributed by atoms with van der Waals surface area (Å²) in [5.41, 5.74) is -1.26. The zero-order chi connectivity index (χ0) is 12.6. The summed E-state index contributed by atoms with van der Waals surface area (Å²) in [6.45, 7) is 2.57. The number of rotatable bonds is 3. The van der Waals surface area contributed by atoms with Gasteiger partial charge in [-0.1, -0.05) is 12.2 Å². The molecule has 0 amide bonds. The van der Waals surface area contributed by atoms with Crippen LogP contribution in [0.3, 0.4) is 0 Å². The van der Waals surface area contributed by atoms with Gasteiger partial charge in [-0.05, 0) is 38.7 Å². The highest BCUT2D eigenvalue weighted by molar-refractivity contribution is 5.76. The van der Waals surface area contributed by atoms with Crippen molar-refractivity contribution in [1.29, 1.82) is 0 Å². The average molecular weight is 249 g/mol. The minimum Gasteiger partial charge on any atom is -0.492 e. The van der Waals surface area contributed by atoms with Crippen molar-refractivity contribution in [3.05, 3.63) is 24.0 Å². The van der Waals surface area contributed by atoms with E-state index in [1.165, 1.54) is 0 Å². The van der Waals surface area contributed by atoms with Crippen LogP contribution in [0.5, 0.6) is 0 Å². The average Bonchev–Trinajstić information content (AvgIpc) is 2.96. The Labute approximate surface area is 108 Å². The van der Waals surface area contributed by atoms with Crippen LogP contribution in [0.1, 0.15) is 39.0 Å². The molecule has 2 nitrogen and oxygen atoms in total. The Bertz CT molecular complexity index is 428. The van der Waals surface area contributed by atoms with E-state index >= 15 is 0 Å². The Balaban J connectivity index is 1.60. The van der Waals surface area contributed by atoms with Gasteiger partial charge in [0, 0.05) is 11.8 Å². The van der Waals surface area contributed by atoms with Gasteiger partial charge in [0.25, 0.3) is 0 Å². The Hall–Kier alpha value is -1.12. The third kappa shape index (κ3) is 2.00. The standard InChI is InChI=1S/C15H20FNO/c1-12-5-6-13(9-17-12)18-11-14-7-3-2-4-8-15(14,16)10-14/h2,4,6,9,12H,3,5,7-8,10-11H2,1H3. The molecule has 1 heterocycles. The first-order chi connectivity index (χ1) is 8.64. The third-order valence-electron chi connectivity index (χ3n) is 4.47. The van der Waals surface area contributed by atoms with Crippen LogP contribution in [0, 0.1) is 5.41 Å². The molecular formula is C15H20FNO. The van der Waals surface area contributed by atoms with Crippen molar-refractivity contribution in [2.24, 2.45) is 10.4 Å². The van der Waals surface area contributed by atoms with Gasteiger partial charge in [0.15, 0.2) is 0 Å². The van der Waals surface area contributed by atoms with E-state index in [1.54, 1.807) is 6.21 Å². The normalized spacial score (nSPS) is 41.9. The van der Waals surface area contributed by atoms with E-state index in [0.29, 0.717) is 25.5 Å². The van der Waals surface area contributed by atoms with Gasteiger partial charge in [-0.25, -0.2) is 4.39 Å². The highest BCUT2D eigenvalue weighted by Gasteiger charge is 2.68. The van der Waals surface area contributed by atoms with E-state index in [4.69, 9.17) is 4.74 Å². The molecule has 0 radical (unpaired) electrons. The number of hydrogen-bond donors (Lipinski definition) is 0. The number of fused-ring (bicyclic) bond motifs is 1. The zero-order valence-electron chi connectivity index (χ0n) is 10.9. The number of alkyl halides is 1. The highest BCUT2D eigenvalue weighted by atomic mass is 19.1. The Morgan fingerprint density at radius 2 is 2.39 bits per heavy atom. The van der Waals surface area contributed by atoms with Crippen molar-refractivity contribution in [2.75, 3.05) is 6.61 Å². The molecule has 1 aliphatic heterocycles. The number of halogens is 1. The highest BCUT2D eigenvalue weighted by Crippen LogP contribution is 2.65. The SMILES string of the molecule is CC1CC=C(OCC23CCC=CCC2(F)C3)C=N1. The smallest absolute Gasteiger partial charge is 0.133 e. The lowest BCUT2D eigenvalue weighted by Crippen LogP contribution is -2.21. The Morgan fingerprint density at radius 3 is 3.17 bits per heavy atom. The molecule has 1 saturated carbocycles. The van der Waals surface area contributed by atoms with Crippen LogP contribution in [-0.2, 0) is 4.74 Å². The number of nitrogens with zero attached hydrogens (tertiary/aromatic N) is 1.